The summed E-state index contributed by atoms with van der Waals surface area (Å²) in [7, 11) is 0. The molecule has 0 amide bonds. The third-order valence-electron chi connectivity index (χ3n) is 10.6. The Morgan fingerprint density at radius 3 is 1.90 bits per heavy atom. The van der Waals surface area contributed by atoms with Crippen molar-refractivity contribution in [2.24, 2.45) is 0 Å². The van der Waals surface area contributed by atoms with Gasteiger partial charge in [0.25, 0.3) is 0 Å². The van der Waals surface area contributed by atoms with Crippen molar-refractivity contribution in [2.45, 2.75) is 12.3 Å². The summed E-state index contributed by atoms with van der Waals surface area (Å²) in [5.41, 5.74) is 13.6. The number of aromatic nitrogens is 2. The molecule has 1 unspecified atom stereocenters. The molecule has 0 spiro atoms. The van der Waals surface area contributed by atoms with Crippen LogP contribution in [-0.2, 0) is 5.41 Å². The monoisotopic (exact) mass is 668 g/mol. The van der Waals surface area contributed by atoms with Gasteiger partial charge in [0, 0.05) is 42.3 Å². The van der Waals surface area contributed by atoms with Gasteiger partial charge < -0.3 is 0 Å². The number of benzene rings is 7. The summed E-state index contributed by atoms with van der Waals surface area (Å²) < 4.78 is 2.58. The molecule has 0 radical (unpaired) electrons. The fourth-order valence-electron chi connectivity index (χ4n) is 8.12. The van der Waals surface area contributed by atoms with Crippen LogP contribution in [0, 0.1) is 0 Å². The second kappa shape index (κ2) is 11.7. The summed E-state index contributed by atoms with van der Waals surface area (Å²) in [5.74, 6) is 0.716. The minimum atomic E-state index is -0.273. The van der Waals surface area contributed by atoms with Gasteiger partial charge in [-0.1, -0.05) is 152 Å². The van der Waals surface area contributed by atoms with Crippen LogP contribution in [0.15, 0.2) is 176 Å². The molecule has 7 aromatic carbocycles. The molecule has 0 N–H and O–H groups in total. The number of fused-ring (bicyclic) bond motifs is 6. The maximum absolute atomic E-state index is 5.29. The van der Waals surface area contributed by atoms with E-state index in [9.17, 15) is 0 Å². The van der Waals surface area contributed by atoms with E-state index in [4.69, 9.17) is 9.97 Å². The van der Waals surface area contributed by atoms with E-state index in [2.05, 4.69) is 177 Å². The molecule has 0 bridgehead atoms. The van der Waals surface area contributed by atoms with Crippen LogP contribution in [-0.4, -0.2) is 9.97 Å². The molecule has 240 valence electrons. The number of thiophene rings is 1. The molecule has 10 rings (SSSR count). The minimum absolute atomic E-state index is 0.273. The number of hydrogen-bond donors (Lipinski definition) is 0. The molecule has 51 heavy (non-hydrogen) atoms. The smallest absolute Gasteiger partial charge is 0.160 e. The Balaban J connectivity index is 1.20. The van der Waals surface area contributed by atoms with Crippen LogP contribution >= 0.6 is 11.3 Å². The SMILES string of the molecule is CC1(c2ccccc2)c2ccccc2-c2c(-c3ccccc3-c3cc(-c4ccc5sc6ccccc6c5c4)nc(-c4ccccc4)n3)cccc21. The van der Waals surface area contributed by atoms with Crippen molar-refractivity contribution < 1.29 is 0 Å². The molecule has 1 aliphatic carbocycles. The number of hydrogen-bond acceptors (Lipinski definition) is 3. The van der Waals surface area contributed by atoms with Gasteiger partial charge in [0.15, 0.2) is 5.82 Å². The lowest BCUT2D eigenvalue weighted by molar-refractivity contribution is 0.714. The van der Waals surface area contributed by atoms with E-state index in [1.807, 2.05) is 17.4 Å². The average Bonchev–Trinajstić information content (AvgIpc) is 3.71. The topological polar surface area (TPSA) is 25.8 Å². The Morgan fingerprint density at radius 1 is 0.431 bits per heavy atom. The van der Waals surface area contributed by atoms with Crippen molar-refractivity contribution in [2.75, 3.05) is 0 Å². The molecular weight excluding hydrogens is 637 g/mol. The molecule has 2 aromatic heterocycles. The van der Waals surface area contributed by atoms with Crippen LogP contribution in [0.4, 0.5) is 0 Å². The van der Waals surface area contributed by atoms with E-state index in [0.29, 0.717) is 5.82 Å². The standard InChI is InChI=1S/C48H32N2S/c1-48(33-17-6-3-7-18-33)40-24-12-10-22-38(40)46-37(23-14-25-41(46)48)34-19-8-9-20-35(34)43-30-42(49-47(50-43)31-15-4-2-5-16-31)32-27-28-45-39(29-32)36-21-11-13-26-44(36)51-45/h2-30H,1H3. The van der Waals surface area contributed by atoms with Crippen molar-refractivity contribution in [3.63, 3.8) is 0 Å². The molecule has 1 atom stereocenters. The first kappa shape index (κ1) is 29.7. The van der Waals surface area contributed by atoms with Gasteiger partial charge in [-0.15, -0.1) is 11.3 Å². The van der Waals surface area contributed by atoms with E-state index < -0.39 is 0 Å². The van der Waals surface area contributed by atoms with Gasteiger partial charge in [-0.25, -0.2) is 9.97 Å². The van der Waals surface area contributed by atoms with Crippen molar-refractivity contribution in [3.05, 3.63) is 193 Å². The highest BCUT2D eigenvalue weighted by Crippen LogP contribution is 2.55. The first-order valence-electron chi connectivity index (χ1n) is 17.4. The Hall–Kier alpha value is -6.16. The van der Waals surface area contributed by atoms with Gasteiger partial charge in [0.2, 0.25) is 0 Å². The maximum Gasteiger partial charge on any atom is 0.160 e. The van der Waals surface area contributed by atoms with E-state index in [1.54, 1.807) is 0 Å². The zero-order chi connectivity index (χ0) is 33.9. The van der Waals surface area contributed by atoms with Gasteiger partial charge in [0.1, 0.15) is 0 Å². The molecular formula is C48H32N2S. The van der Waals surface area contributed by atoms with Crippen LogP contribution in [0.5, 0.6) is 0 Å². The van der Waals surface area contributed by atoms with Gasteiger partial charge in [-0.2, -0.15) is 0 Å². The van der Waals surface area contributed by atoms with Gasteiger partial charge in [-0.05, 0) is 70.1 Å². The summed E-state index contributed by atoms with van der Waals surface area (Å²) in [6.45, 7) is 2.37. The van der Waals surface area contributed by atoms with Crippen LogP contribution < -0.4 is 0 Å². The van der Waals surface area contributed by atoms with Crippen LogP contribution in [0.3, 0.4) is 0 Å². The third-order valence-corrected chi connectivity index (χ3v) is 11.8. The lowest BCUT2D eigenvalue weighted by atomic mass is 9.74. The Labute approximate surface area is 301 Å². The summed E-state index contributed by atoms with van der Waals surface area (Å²) >= 11 is 1.84. The van der Waals surface area contributed by atoms with Crippen LogP contribution in [0.25, 0.3) is 76.3 Å². The summed E-state index contributed by atoms with van der Waals surface area (Å²) in [6, 6.07) is 63.3. The maximum atomic E-state index is 5.29. The van der Waals surface area contributed by atoms with Gasteiger partial charge in [0.05, 0.1) is 11.4 Å². The number of rotatable bonds is 5. The zero-order valence-electron chi connectivity index (χ0n) is 28.0. The molecule has 1 aliphatic rings. The first-order chi connectivity index (χ1) is 25.2. The molecule has 0 saturated carbocycles. The Morgan fingerprint density at radius 2 is 1.06 bits per heavy atom. The van der Waals surface area contributed by atoms with Crippen molar-refractivity contribution in [1.29, 1.82) is 0 Å². The van der Waals surface area contributed by atoms with Crippen molar-refractivity contribution >= 4 is 31.5 Å². The van der Waals surface area contributed by atoms with Crippen molar-refractivity contribution in [1.82, 2.24) is 9.97 Å². The quantitative estimate of drug-likeness (QED) is 0.182. The molecule has 0 saturated heterocycles. The molecule has 2 heterocycles. The third kappa shape index (κ3) is 4.70. The largest absolute Gasteiger partial charge is 0.228 e. The lowest BCUT2D eigenvalue weighted by Gasteiger charge is -2.28. The Kier molecular flexibility index (Phi) is 6.83. The second-order valence-corrected chi connectivity index (χ2v) is 14.5. The molecule has 3 heteroatoms. The van der Waals surface area contributed by atoms with Gasteiger partial charge >= 0.3 is 0 Å². The zero-order valence-corrected chi connectivity index (χ0v) is 28.9. The predicted molar refractivity (Wildman–Crippen MR) is 214 cm³/mol. The van der Waals surface area contributed by atoms with Gasteiger partial charge in [-0.3, -0.25) is 0 Å². The lowest BCUT2D eigenvalue weighted by Crippen LogP contribution is -2.22. The minimum Gasteiger partial charge on any atom is -0.228 e. The van der Waals surface area contributed by atoms with Crippen molar-refractivity contribution in [3.8, 4) is 56.2 Å². The molecule has 0 aliphatic heterocycles. The fourth-order valence-corrected chi connectivity index (χ4v) is 9.21. The highest BCUT2D eigenvalue weighted by molar-refractivity contribution is 7.25. The summed E-state index contributed by atoms with van der Waals surface area (Å²) in [6.07, 6.45) is 0. The fraction of sp³-hybridized carbons (Fsp3) is 0.0417. The highest BCUT2D eigenvalue weighted by atomic mass is 32.1. The van der Waals surface area contributed by atoms with E-state index in [-0.39, 0.29) is 5.41 Å². The van der Waals surface area contributed by atoms with Crippen LogP contribution in [0.2, 0.25) is 0 Å². The van der Waals surface area contributed by atoms with E-state index in [0.717, 1.165) is 33.6 Å². The highest BCUT2D eigenvalue weighted by Gasteiger charge is 2.41. The average molecular weight is 669 g/mol. The normalized spacial score (nSPS) is 14.8. The van der Waals surface area contributed by atoms with Crippen LogP contribution in [0.1, 0.15) is 23.6 Å². The van der Waals surface area contributed by atoms with E-state index in [1.165, 1.54) is 53.6 Å². The molecule has 2 nitrogen and oxygen atoms in total. The number of nitrogens with zero attached hydrogens (tertiary/aromatic N) is 2. The second-order valence-electron chi connectivity index (χ2n) is 13.4. The van der Waals surface area contributed by atoms with E-state index >= 15 is 0 Å². The Bertz CT molecular complexity index is 2760. The molecule has 0 fully saturated rings. The molecule has 9 aromatic rings. The summed E-state index contributed by atoms with van der Waals surface area (Å²) in [5, 5.41) is 2.54. The predicted octanol–water partition coefficient (Wildman–Crippen LogP) is 12.8. The summed E-state index contributed by atoms with van der Waals surface area (Å²) in [4.78, 5) is 10.5. The first-order valence-corrected chi connectivity index (χ1v) is 18.2.